The van der Waals surface area contributed by atoms with E-state index in [0.29, 0.717) is 23.2 Å². The fourth-order valence-corrected chi connectivity index (χ4v) is 5.37. The predicted octanol–water partition coefficient (Wildman–Crippen LogP) is 3.64. The molecule has 1 aromatic carbocycles. The van der Waals surface area contributed by atoms with Crippen LogP contribution in [0.3, 0.4) is 0 Å². The number of aromatic nitrogens is 6. The van der Waals surface area contributed by atoms with Crippen LogP contribution in [0.15, 0.2) is 42.7 Å². The number of hydrogen-bond acceptors (Lipinski definition) is 9. The van der Waals surface area contributed by atoms with Crippen molar-refractivity contribution in [2.75, 3.05) is 11.9 Å². The largest absolute Gasteiger partial charge is 0.507 e. The number of rotatable bonds is 4. The summed E-state index contributed by atoms with van der Waals surface area (Å²) in [5, 5.41) is 34.4. The Morgan fingerprint density at radius 1 is 1.05 bits per heavy atom. The van der Waals surface area contributed by atoms with E-state index >= 15 is 0 Å². The highest BCUT2D eigenvalue weighted by atomic mass is 16.3. The lowest BCUT2D eigenvalue weighted by Crippen LogP contribution is -2.62. The summed E-state index contributed by atoms with van der Waals surface area (Å²) in [5.41, 5.74) is 4.49. The van der Waals surface area contributed by atoms with Crippen molar-refractivity contribution in [3.63, 3.8) is 0 Å². The third-order valence-electron chi connectivity index (χ3n) is 6.76. The summed E-state index contributed by atoms with van der Waals surface area (Å²) in [6, 6.07) is 9.64. The Hall–Kier alpha value is -4.12. The van der Waals surface area contributed by atoms with Gasteiger partial charge in [-0.3, -0.25) is 9.48 Å². The number of fused-ring (bicyclic) bond motifs is 1. The molecule has 38 heavy (non-hydrogen) atoms. The van der Waals surface area contributed by atoms with Crippen LogP contribution in [0.5, 0.6) is 5.75 Å². The van der Waals surface area contributed by atoms with E-state index in [1.807, 2.05) is 38.4 Å². The molecule has 0 bridgehead atoms. The fourth-order valence-electron chi connectivity index (χ4n) is 5.37. The number of hydrogen-bond donors (Lipinski definition) is 3. The Morgan fingerprint density at radius 2 is 1.74 bits per heavy atom. The van der Waals surface area contributed by atoms with E-state index in [1.165, 1.54) is 0 Å². The van der Waals surface area contributed by atoms with E-state index in [2.05, 4.69) is 63.2 Å². The SMILES string of the molecule is CN(c1ncc(-c2ccc(-c3ccc4c(cnn4C)n3)cc2O)nn1)C1CC(C)(C)NC(C)(C)C1.O=CO. The van der Waals surface area contributed by atoms with Crippen LogP contribution >= 0.6 is 0 Å². The van der Waals surface area contributed by atoms with Crippen molar-refractivity contribution in [1.29, 1.82) is 0 Å². The quantitative estimate of drug-likeness (QED) is 0.343. The van der Waals surface area contributed by atoms with Crippen LogP contribution in [0.25, 0.3) is 33.5 Å². The molecule has 4 heterocycles. The first-order valence-electron chi connectivity index (χ1n) is 12.4. The molecule has 3 aromatic heterocycles. The fraction of sp³-hybridized carbons (Fsp3) is 0.407. The first kappa shape index (κ1) is 26.9. The molecule has 11 heteroatoms. The molecule has 0 atom stereocenters. The van der Waals surface area contributed by atoms with Gasteiger partial charge in [-0.05, 0) is 64.8 Å². The number of nitrogens with zero attached hydrogens (tertiary/aromatic N) is 7. The predicted molar refractivity (Wildman–Crippen MR) is 146 cm³/mol. The van der Waals surface area contributed by atoms with Crippen molar-refractivity contribution in [2.24, 2.45) is 7.05 Å². The third kappa shape index (κ3) is 5.72. The van der Waals surface area contributed by atoms with Gasteiger partial charge in [-0.1, -0.05) is 6.07 Å². The van der Waals surface area contributed by atoms with E-state index in [1.54, 1.807) is 23.1 Å². The Bertz CT molecular complexity index is 1420. The van der Waals surface area contributed by atoms with Crippen molar-refractivity contribution in [3.8, 4) is 28.3 Å². The topological polar surface area (TPSA) is 142 Å². The number of carbonyl (C=O) groups is 1. The molecule has 5 rings (SSSR count). The van der Waals surface area contributed by atoms with Crippen molar-refractivity contribution >= 4 is 23.5 Å². The summed E-state index contributed by atoms with van der Waals surface area (Å²) in [5.74, 6) is 0.687. The molecular formula is C27H34N8O3. The third-order valence-corrected chi connectivity index (χ3v) is 6.76. The molecule has 0 unspecified atom stereocenters. The number of aryl methyl sites for hydroxylation is 1. The van der Waals surface area contributed by atoms with Gasteiger partial charge in [0.05, 0.1) is 23.6 Å². The molecule has 1 fully saturated rings. The Kier molecular flexibility index (Phi) is 7.32. The first-order chi connectivity index (χ1) is 17.9. The van der Waals surface area contributed by atoms with Gasteiger partial charge >= 0.3 is 0 Å². The Labute approximate surface area is 221 Å². The maximum atomic E-state index is 10.8. The minimum absolute atomic E-state index is 0.0258. The maximum Gasteiger partial charge on any atom is 0.290 e. The maximum absolute atomic E-state index is 10.8. The van der Waals surface area contributed by atoms with E-state index < -0.39 is 0 Å². The van der Waals surface area contributed by atoms with Gasteiger partial charge in [-0.25, -0.2) is 9.97 Å². The highest BCUT2D eigenvalue weighted by Gasteiger charge is 2.39. The van der Waals surface area contributed by atoms with Crippen molar-refractivity contribution in [3.05, 3.63) is 42.7 Å². The molecule has 0 aliphatic carbocycles. The monoisotopic (exact) mass is 518 g/mol. The molecule has 3 N–H and O–H groups in total. The Balaban J connectivity index is 0.00000107. The number of phenolic OH excluding ortho intramolecular Hbond substituents is 1. The van der Waals surface area contributed by atoms with Gasteiger partial charge in [-0.15, -0.1) is 10.2 Å². The number of anilines is 1. The number of pyridine rings is 1. The lowest BCUT2D eigenvalue weighted by molar-refractivity contribution is -0.122. The number of piperidine rings is 1. The van der Waals surface area contributed by atoms with Gasteiger partial charge < -0.3 is 20.4 Å². The standard InChI is InChI=1S/C26H32N8O.CH2O2/c1-25(2)12-17(13-26(3,4)32-25)33(5)24-27-14-20(30-31-24)18-8-7-16(11-23(18)35)19-9-10-22-21(29-19)15-28-34(22)6;2-1-3/h7-11,14-15,17,32,35H,12-13H2,1-6H3;1H,(H,2,3). The van der Waals surface area contributed by atoms with Crippen LogP contribution in [0.4, 0.5) is 5.95 Å². The van der Waals surface area contributed by atoms with E-state index in [-0.39, 0.29) is 23.3 Å². The summed E-state index contributed by atoms with van der Waals surface area (Å²) in [6.45, 7) is 8.67. The van der Waals surface area contributed by atoms with Crippen molar-refractivity contribution in [1.82, 2.24) is 35.3 Å². The molecule has 200 valence electrons. The number of phenols is 1. The van der Waals surface area contributed by atoms with Crippen LogP contribution in [0.2, 0.25) is 0 Å². The highest BCUT2D eigenvalue weighted by Crippen LogP contribution is 2.34. The van der Waals surface area contributed by atoms with Gasteiger partial charge in [0.2, 0.25) is 5.95 Å². The zero-order valence-corrected chi connectivity index (χ0v) is 22.5. The number of carboxylic acid groups (broad SMARTS) is 1. The average molecular weight is 519 g/mol. The molecule has 1 aliphatic rings. The lowest BCUT2D eigenvalue weighted by atomic mass is 9.79. The number of benzene rings is 1. The summed E-state index contributed by atoms with van der Waals surface area (Å²) in [6.07, 6.45) is 5.38. The highest BCUT2D eigenvalue weighted by molar-refractivity contribution is 5.79. The summed E-state index contributed by atoms with van der Waals surface area (Å²) >= 11 is 0. The van der Waals surface area contributed by atoms with Crippen LogP contribution < -0.4 is 10.2 Å². The van der Waals surface area contributed by atoms with Crippen molar-refractivity contribution < 1.29 is 15.0 Å². The summed E-state index contributed by atoms with van der Waals surface area (Å²) < 4.78 is 1.78. The number of nitrogens with one attached hydrogen (secondary N) is 1. The normalized spacial score (nSPS) is 16.5. The summed E-state index contributed by atoms with van der Waals surface area (Å²) in [4.78, 5) is 19.7. The van der Waals surface area contributed by atoms with Crippen LogP contribution in [0.1, 0.15) is 40.5 Å². The molecule has 1 aliphatic heterocycles. The zero-order chi connectivity index (χ0) is 27.7. The Morgan fingerprint density at radius 3 is 2.34 bits per heavy atom. The zero-order valence-electron chi connectivity index (χ0n) is 22.5. The number of aromatic hydroxyl groups is 1. The molecular weight excluding hydrogens is 484 g/mol. The second kappa shape index (κ2) is 10.3. The molecule has 0 radical (unpaired) electrons. The second-order valence-electron chi connectivity index (χ2n) is 10.9. The smallest absolute Gasteiger partial charge is 0.290 e. The molecule has 1 saturated heterocycles. The van der Waals surface area contributed by atoms with Crippen LogP contribution in [0, 0.1) is 0 Å². The van der Waals surface area contributed by atoms with Crippen LogP contribution in [-0.2, 0) is 11.8 Å². The van der Waals surface area contributed by atoms with Crippen LogP contribution in [-0.4, -0.2) is 70.8 Å². The van der Waals surface area contributed by atoms with E-state index in [4.69, 9.17) is 9.90 Å². The van der Waals surface area contributed by atoms with E-state index in [9.17, 15) is 5.11 Å². The van der Waals surface area contributed by atoms with Gasteiger partial charge in [0.15, 0.2) is 0 Å². The van der Waals surface area contributed by atoms with Gasteiger partial charge in [0.25, 0.3) is 6.47 Å². The average Bonchev–Trinajstić information content (AvgIpc) is 3.22. The van der Waals surface area contributed by atoms with Gasteiger partial charge in [-0.2, -0.15) is 5.10 Å². The van der Waals surface area contributed by atoms with Gasteiger partial charge in [0, 0.05) is 42.3 Å². The molecule has 4 aromatic rings. The van der Waals surface area contributed by atoms with Gasteiger partial charge in [0.1, 0.15) is 17.0 Å². The molecule has 11 nitrogen and oxygen atoms in total. The molecule has 0 spiro atoms. The molecule has 0 saturated carbocycles. The van der Waals surface area contributed by atoms with Crippen molar-refractivity contribution in [2.45, 2.75) is 57.7 Å². The van der Waals surface area contributed by atoms with E-state index in [0.717, 1.165) is 35.1 Å². The second-order valence-corrected chi connectivity index (χ2v) is 10.9. The molecule has 0 amide bonds. The first-order valence-corrected chi connectivity index (χ1v) is 12.4. The minimum Gasteiger partial charge on any atom is -0.507 e. The minimum atomic E-state index is -0.250. The summed E-state index contributed by atoms with van der Waals surface area (Å²) in [7, 11) is 3.91. The lowest BCUT2D eigenvalue weighted by Gasteiger charge is -2.48.